The van der Waals surface area contributed by atoms with Crippen molar-refractivity contribution in [3.05, 3.63) is 24.0 Å². The maximum Gasteiger partial charge on any atom is 0.242 e. The molecule has 1 heterocycles. The highest BCUT2D eigenvalue weighted by Gasteiger charge is 2.11. The number of nitrogens with zero attached hydrogens (tertiary/aromatic N) is 2. The Balaban J connectivity index is 2.63. The minimum absolute atomic E-state index is 0.0693. The topological polar surface area (TPSA) is 51.3 Å². The predicted octanol–water partition coefficient (Wildman–Crippen LogP) is 1.77. The SMILES string of the molecule is CCC(N)c1ccn(CC(=O)N(CC)CC)c1. The summed E-state index contributed by atoms with van der Waals surface area (Å²) in [6.45, 7) is 7.97. The van der Waals surface area contributed by atoms with Gasteiger partial charge in [0.15, 0.2) is 0 Å². The van der Waals surface area contributed by atoms with Gasteiger partial charge in [-0.1, -0.05) is 6.92 Å². The van der Waals surface area contributed by atoms with Crippen LogP contribution in [0.5, 0.6) is 0 Å². The number of carbonyl (C=O) groups is 1. The van der Waals surface area contributed by atoms with E-state index in [0.29, 0.717) is 6.54 Å². The van der Waals surface area contributed by atoms with Crippen molar-refractivity contribution < 1.29 is 4.79 Å². The van der Waals surface area contributed by atoms with Gasteiger partial charge in [-0.05, 0) is 31.9 Å². The molecule has 0 aliphatic carbocycles. The number of aromatic nitrogens is 1. The van der Waals surface area contributed by atoms with Crippen molar-refractivity contribution in [2.24, 2.45) is 5.73 Å². The van der Waals surface area contributed by atoms with Crippen LogP contribution in [0.15, 0.2) is 18.5 Å². The number of hydrogen-bond donors (Lipinski definition) is 1. The van der Waals surface area contributed by atoms with E-state index in [-0.39, 0.29) is 11.9 Å². The fourth-order valence-corrected chi connectivity index (χ4v) is 1.85. The molecule has 4 heteroatoms. The molecule has 96 valence electrons. The van der Waals surface area contributed by atoms with Crippen LogP contribution in [0.2, 0.25) is 0 Å². The van der Waals surface area contributed by atoms with E-state index in [1.807, 2.05) is 41.8 Å². The van der Waals surface area contributed by atoms with Gasteiger partial charge in [0.2, 0.25) is 5.91 Å². The average Bonchev–Trinajstić information content (AvgIpc) is 2.78. The zero-order chi connectivity index (χ0) is 12.8. The molecule has 0 radical (unpaired) electrons. The van der Waals surface area contributed by atoms with Crippen LogP contribution in [0.25, 0.3) is 0 Å². The lowest BCUT2D eigenvalue weighted by Gasteiger charge is -2.18. The Hall–Kier alpha value is -1.29. The van der Waals surface area contributed by atoms with E-state index >= 15 is 0 Å². The Morgan fingerprint density at radius 3 is 2.59 bits per heavy atom. The molecule has 1 atom stereocenters. The largest absolute Gasteiger partial charge is 0.345 e. The first-order valence-electron chi connectivity index (χ1n) is 6.31. The molecule has 4 nitrogen and oxygen atoms in total. The van der Waals surface area contributed by atoms with Gasteiger partial charge >= 0.3 is 0 Å². The van der Waals surface area contributed by atoms with Crippen LogP contribution in [0, 0.1) is 0 Å². The third kappa shape index (κ3) is 3.60. The molecule has 0 saturated heterocycles. The van der Waals surface area contributed by atoms with Gasteiger partial charge in [-0.3, -0.25) is 4.79 Å². The Morgan fingerprint density at radius 1 is 1.41 bits per heavy atom. The summed E-state index contributed by atoms with van der Waals surface area (Å²) < 4.78 is 1.91. The molecular weight excluding hydrogens is 214 g/mol. The molecule has 0 fully saturated rings. The first-order valence-corrected chi connectivity index (χ1v) is 6.31. The smallest absolute Gasteiger partial charge is 0.242 e. The normalized spacial score (nSPS) is 12.5. The standard InChI is InChI=1S/C13H23N3O/c1-4-12(14)11-7-8-15(9-11)10-13(17)16(5-2)6-3/h7-9,12H,4-6,10,14H2,1-3H3. The van der Waals surface area contributed by atoms with Crippen molar-refractivity contribution in [2.45, 2.75) is 39.8 Å². The number of amides is 1. The predicted molar refractivity (Wildman–Crippen MR) is 69.6 cm³/mol. The van der Waals surface area contributed by atoms with Crippen molar-refractivity contribution in [1.82, 2.24) is 9.47 Å². The van der Waals surface area contributed by atoms with E-state index in [1.165, 1.54) is 0 Å². The van der Waals surface area contributed by atoms with Crippen LogP contribution in [0.1, 0.15) is 38.8 Å². The average molecular weight is 237 g/mol. The fraction of sp³-hybridized carbons (Fsp3) is 0.615. The highest BCUT2D eigenvalue weighted by atomic mass is 16.2. The van der Waals surface area contributed by atoms with Crippen LogP contribution in [-0.4, -0.2) is 28.5 Å². The van der Waals surface area contributed by atoms with Crippen molar-refractivity contribution in [2.75, 3.05) is 13.1 Å². The Kier molecular flexibility index (Phi) is 5.22. The van der Waals surface area contributed by atoms with Gasteiger partial charge in [-0.2, -0.15) is 0 Å². The molecule has 1 aromatic heterocycles. The molecule has 2 N–H and O–H groups in total. The van der Waals surface area contributed by atoms with E-state index in [1.54, 1.807) is 0 Å². The number of likely N-dealkylation sites (N-methyl/N-ethyl adjacent to an activating group) is 1. The van der Waals surface area contributed by atoms with Gasteiger partial charge in [0.1, 0.15) is 6.54 Å². The van der Waals surface area contributed by atoms with Crippen molar-refractivity contribution in [3.8, 4) is 0 Å². The molecule has 0 bridgehead atoms. The minimum atomic E-state index is 0.0693. The van der Waals surface area contributed by atoms with Gasteiger partial charge in [0.25, 0.3) is 0 Å². The minimum Gasteiger partial charge on any atom is -0.345 e. The summed E-state index contributed by atoms with van der Waals surface area (Å²) in [6, 6.07) is 2.06. The van der Waals surface area contributed by atoms with Crippen LogP contribution in [0.4, 0.5) is 0 Å². The first kappa shape index (κ1) is 13.8. The molecule has 0 aromatic carbocycles. The fourth-order valence-electron chi connectivity index (χ4n) is 1.85. The number of hydrogen-bond acceptors (Lipinski definition) is 2. The van der Waals surface area contributed by atoms with E-state index in [9.17, 15) is 4.79 Å². The van der Waals surface area contributed by atoms with Crippen LogP contribution < -0.4 is 5.73 Å². The Labute approximate surface area is 103 Å². The van der Waals surface area contributed by atoms with Gasteiger partial charge in [0.05, 0.1) is 0 Å². The summed E-state index contributed by atoms with van der Waals surface area (Å²) in [5.41, 5.74) is 7.04. The lowest BCUT2D eigenvalue weighted by Crippen LogP contribution is -2.33. The maximum atomic E-state index is 11.9. The maximum absolute atomic E-state index is 11.9. The molecule has 1 aromatic rings. The quantitative estimate of drug-likeness (QED) is 0.819. The van der Waals surface area contributed by atoms with Gasteiger partial charge < -0.3 is 15.2 Å². The lowest BCUT2D eigenvalue weighted by molar-refractivity contribution is -0.131. The molecule has 0 aliphatic heterocycles. The lowest BCUT2D eigenvalue weighted by atomic mass is 10.1. The number of carbonyl (C=O) groups excluding carboxylic acids is 1. The molecular formula is C13H23N3O. The highest BCUT2D eigenvalue weighted by molar-refractivity contribution is 5.75. The summed E-state index contributed by atoms with van der Waals surface area (Å²) >= 11 is 0. The number of nitrogens with two attached hydrogens (primary N) is 1. The van der Waals surface area contributed by atoms with Crippen molar-refractivity contribution in [3.63, 3.8) is 0 Å². The van der Waals surface area contributed by atoms with Crippen LogP contribution >= 0.6 is 0 Å². The molecule has 0 spiro atoms. The highest BCUT2D eigenvalue weighted by Crippen LogP contribution is 2.13. The zero-order valence-electron chi connectivity index (χ0n) is 11.0. The van der Waals surface area contributed by atoms with Gasteiger partial charge in [0, 0.05) is 31.5 Å². The summed E-state index contributed by atoms with van der Waals surface area (Å²) in [5, 5.41) is 0. The third-order valence-electron chi connectivity index (χ3n) is 3.08. The molecule has 1 amide bonds. The van der Waals surface area contributed by atoms with Crippen LogP contribution in [0.3, 0.4) is 0 Å². The monoisotopic (exact) mass is 237 g/mol. The van der Waals surface area contributed by atoms with E-state index in [0.717, 1.165) is 25.1 Å². The number of rotatable bonds is 6. The molecule has 0 aliphatic rings. The second-order valence-electron chi connectivity index (χ2n) is 4.20. The second kappa shape index (κ2) is 6.45. The summed E-state index contributed by atoms with van der Waals surface area (Å²) in [6.07, 6.45) is 4.80. The molecule has 0 saturated carbocycles. The molecule has 1 unspecified atom stereocenters. The van der Waals surface area contributed by atoms with E-state index < -0.39 is 0 Å². The van der Waals surface area contributed by atoms with Crippen molar-refractivity contribution in [1.29, 1.82) is 0 Å². The molecule has 17 heavy (non-hydrogen) atoms. The van der Waals surface area contributed by atoms with Gasteiger partial charge in [-0.15, -0.1) is 0 Å². The van der Waals surface area contributed by atoms with Gasteiger partial charge in [-0.25, -0.2) is 0 Å². The summed E-state index contributed by atoms with van der Waals surface area (Å²) in [5.74, 6) is 0.155. The summed E-state index contributed by atoms with van der Waals surface area (Å²) in [4.78, 5) is 13.7. The third-order valence-corrected chi connectivity index (χ3v) is 3.08. The van der Waals surface area contributed by atoms with E-state index in [2.05, 4.69) is 6.92 Å². The second-order valence-corrected chi connectivity index (χ2v) is 4.20. The van der Waals surface area contributed by atoms with Crippen LogP contribution in [-0.2, 0) is 11.3 Å². The Morgan fingerprint density at radius 2 is 2.06 bits per heavy atom. The summed E-state index contributed by atoms with van der Waals surface area (Å²) in [7, 11) is 0. The zero-order valence-corrected chi connectivity index (χ0v) is 11.0. The first-order chi connectivity index (χ1) is 8.12. The van der Waals surface area contributed by atoms with Crippen molar-refractivity contribution >= 4 is 5.91 Å². The molecule has 1 rings (SSSR count). The Bertz CT molecular complexity index is 355. The van der Waals surface area contributed by atoms with E-state index in [4.69, 9.17) is 5.73 Å².